The van der Waals surface area contributed by atoms with Gasteiger partial charge in [-0.05, 0) is 32.4 Å². The number of carbonyl (C=O) groups is 1. The number of hydrogen-bond acceptors (Lipinski definition) is 2. The van der Waals surface area contributed by atoms with Gasteiger partial charge in [0.1, 0.15) is 0 Å². The summed E-state index contributed by atoms with van der Waals surface area (Å²) in [6, 6.07) is 8.94. The van der Waals surface area contributed by atoms with Crippen LogP contribution < -0.4 is 5.32 Å². The second-order valence-corrected chi connectivity index (χ2v) is 5.64. The first kappa shape index (κ1) is 17.0. The first-order chi connectivity index (χ1) is 9.11. The van der Waals surface area contributed by atoms with Crippen LogP contribution in [0.3, 0.4) is 0 Å². The SMILES string of the molecule is CNCC(C)C(=O)N(Cc1ccc(C)cc1)C1CC1.Cl. The van der Waals surface area contributed by atoms with Gasteiger partial charge in [-0.15, -0.1) is 12.4 Å². The molecule has 1 saturated carbocycles. The Labute approximate surface area is 128 Å². The molecule has 1 atom stereocenters. The lowest BCUT2D eigenvalue weighted by Gasteiger charge is -2.26. The summed E-state index contributed by atoms with van der Waals surface area (Å²) in [6.07, 6.45) is 2.31. The monoisotopic (exact) mass is 296 g/mol. The molecule has 1 unspecified atom stereocenters. The molecule has 0 aromatic heterocycles. The number of amides is 1. The van der Waals surface area contributed by atoms with E-state index in [2.05, 4.69) is 41.4 Å². The summed E-state index contributed by atoms with van der Waals surface area (Å²) in [5.41, 5.74) is 2.49. The normalized spacial score (nSPS) is 15.3. The second kappa shape index (κ2) is 7.65. The van der Waals surface area contributed by atoms with Crippen LogP contribution in [0.1, 0.15) is 30.9 Å². The van der Waals surface area contributed by atoms with E-state index in [4.69, 9.17) is 0 Å². The average Bonchev–Trinajstić information content (AvgIpc) is 3.22. The lowest BCUT2D eigenvalue weighted by atomic mass is 10.1. The highest BCUT2D eigenvalue weighted by molar-refractivity contribution is 5.85. The first-order valence-corrected chi connectivity index (χ1v) is 7.12. The maximum absolute atomic E-state index is 12.5. The van der Waals surface area contributed by atoms with E-state index in [9.17, 15) is 4.79 Å². The minimum atomic E-state index is 0. The predicted octanol–water partition coefficient (Wildman–Crippen LogP) is 2.76. The molecule has 1 aliphatic rings. The molecule has 0 radical (unpaired) electrons. The van der Waals surface area contributed by atoms with Gasteiger partial charge >= 0.3 is 0 Å². The van der Waals surface area contributed by atoms with Gasteiger partial charge in [0.25, 0.3) is 0 Å². The fraction of sp³-hybridized carbons (Fsp3) is 0.562. The lowest BCUT2D eigenvalue weighted by molar-refractivity contribution is -0.136. The third-order valence-corrected chi connectivity index (χ3v) is 3.68. The Morgan fingerprint density at radius 3 is 2.45 bits per heavy atom. The van der Waals surface area contributed by atoms with Gasteiger partial charge in [0, 0.05) is 25.0 Å². The fourth-order valence-corrected chi connectivity index (χ4v) is 2.34. The summed E-state index contributed by atoms with van der Waals surface area (Å²) in [5, 5.41) is 3.09. The number of nitrogens with zero attached hydrogens (tertiary/aromatic N) is 1. The van der Waals surface area contributed by atoms with E-state index in [1.807, 2.05) is 14.0 Å². The Bertz CT molecular complexity index is 429. The zero-order valence-electron chi connectivity index (χ0n) is 12.6. The van der Waals surface area contributed by atoms with Crippen LogP contribution in [0.15, 0.2) is 24.3 Å². The number of nitrogens with one attached hydrogen (secondary N) is 1. The highest BCUT2D eigenvalue weighted by atomic mass is 35.5. The molecule has 0 spiro atoms. The van der Waals surface area contributed by atoms with Crippen LogP contribution in [-0.4, -0.2) is 30.4 Å². The largest absolute Gasteiger partial charge is 0.335 e. The molecule has 4 heteroatoms. The number of hydrogen-bond donors (Lipinski definition) is 1. The molecule has 0 saturated heterocycles. The van der Waals surface area contributed by atoms with Crippen LogP contribution in [0.5, 0.6) is 0 Å². The van der Waals surface area contributed by atoms with Crippen LogP contribution in [0.25, 0.3) is 0 Å². The van der Waals surface area contributed by atoms with Crippen molar-refractivity contribution >= 4 is 18.3 Å². The van der Waals surface area contributed by atoms with Crippen molar-refractivity contribution in [1.29, 1.82) is 0 Å². The van der Waals surface area contributed by atoms with Crippen LogP contribution in [0.4, 0.5) is 0 Å². The quantitative estimate of drug-likeness (QED) is 0.875. The van der Waals surface area contributed by atoms with Gasteiger partial charge < -0.3 is 10.2 Å². The Hall–Kier alpha value is -1.06. The summed E-state index contributed by atoms with van der Waals surface area (Å²) in [5.74, 6) is 0.327. The number of aryl methyl sites for hydroxylation is 1. The molecular formula is C16H25ClN2O. The van der Waals surface area contributed by atoms with Gasteiger partial charge in [0.05, 0.1) is 0 Å². The number of halogens is 1. The van der Waals surface area contributed by atoms with Crippen molar-refractivity contribution in [3.05, 3.63) is 35.4 Å². The summed E-state index contributed by atoms with van der Waals surface area (Å²) in [7, 11) is 1.89. The van der Waals surface area contributed by atoms with Gasteiger partial charge in [0.2, 0.25) is 5.91 Å². The maximum atomic E-state index is 12.5. The lowest BCUT2D eigenvalue weighted by Crippen LogP contribution is -2.39. The second-order valence-electron chi connectivity index (χ2n) is 5.64. The Morgan fingerprint density at radius 2 is 1.95 bits per heavy atom. The minimum Gasteiger partial charge on any atom is -0.335 e. The number of benzene rings is 1. The van der Waals surface area contributed by atoms with E-state index in [0.717, 1.165) is 25.9 Å². The van der Waals surface area contributed by atoms with Gasteiger partial charge in [-0.2, -0.15) is 0 Å². The summed E-state index contributed by atoms with van der Waals surface area (Å²) in [6.45, 7) is 5.58. The fourth-order valence-electron chi connectivity index (χ4n) is 2.34. The molecule has 0 aliphatic heterocycles. The molecule has 0 heterocycles. The molecule has 20 heavy (non-hydrogen) atoms. The van der Waals surface area contributed by atoms with E-state index in [1.54, 1.807) is 0 Å². The Morgan fingerprint density at radius 1 is 1.35 bits per heavy atom. The van der Waals surface area contributed by atoms with E-state index < -0.39 is 0 Å². The highest BCUT2D eigenvalue weighted by Gasteiger charge is 2.34. The maximum Gasteiger partial charge on any atom is 0.227 e. The van der Waals surface area contributed by atoms with Crippen LogP contribution >= 0.6 is 12.4 Å². The summed E-state index contributed by atoms with van der Waals surface area (Å²) < 4.78 is 0. The van der Waals surface area contributed by atoms with Crippen molar-refractivity contribution in [3.8, 4) is 0 Å². The third-order valence-electron chi connectivity index (χ3n) is 3.68. The topological polar surface area (TPSA) is 32.3 Å². The van der Waals surface area contributed by atoms with E-state index >= 15 is 0 Å². The highest BCUT2D eigenvalue weighted by Crippen LogP contribution is 2.29. The number of rotatable bonds is 6. The minimum absolute atomic E-state index is 0. The molecule has 1 amide bonds. The molecule has 0 bridgehead atoms. The van der Waals surface area contributed by atoms with E-state index in [-0.39, 0.29) is 24.2 Å². The molecule has 112 valence electrons. The van der Waals surface area contributed by atoms with E-state index in [1.165, 1.54) is 11.1 Å². The first-order valence-electron chi connectivity index (χ1n) is 7.12. The van der Waals surface area contributed by atoms with Crippen molar-refractivity contribution in [1.82, 2.24) is 10.2 Å². The van der Waals surface area contributed by atoms with Crippen LogP contribution in [-0.2, 0) is 11.3 Å². The molecule has 3 nitrogen and oxygen atoms in total. The average molecular weight is 297 g/mol. The summed E-state index contributed by atoms with van der Waals surface area (Å²) >= 11 is 0. The summed E-state index contributed by atoms with van der Waals surface area (Å²) in [4.78, 5) is 14.5. The van der Waals surface area contributed by atoms with E-state index in [0.29, 0.717) is 6.04 Å². The molecule has 1 fully saturated rings. The van der Waals surface area contributed by atoms with Gasteiger partial charge in [-0.25, -0.2) is 0 Å². The predicted molar refractivity (Wildman–Crippen MR) is 85.1 cm³/mol. The van der Waals surface area contributed by atoms with Gasteiger partial charge in [-0.3, -0.25) is 4.79 Å². The molecule has 1 aliphatic carbocycles. The standard InChI is InChI=1S/C16H24N2O.ClH/c1-12-4-6-14(7-5-12)11-18(15-8-9-15)16(19)13(2)10-17-3;/h4-7,13,15,17H,8-11H2,1-3H3;1H. The molecular weight excluding hydrogens is 272 g/mol. The van der Waals surface area contributed by atoms with Crippen molar-refractivity contribution in [2.75, 3.05) is 13.6 Å². The zero-order valence-corrected chi connectivity index (χ0v) is 13.4. The van der Waals surface area contributed by atoms with Crippen LogP contribution in [0, 0.1) is 12.8 Å². The van der Waals surface area contributed by atoms with Crippen molar-refractivity contribution < 1.29 is 4.79 Å². The smallest absolute Gasteiger partial charge is 0.227 e. The van der Waals surface area contributed by atoms with Crippen molar-refractivity contribution in [3.63, 3.8) is 0 Å². The Kier molecular flexibility index (Phi) is 6.50. The van der Waals surface area contributed by atoms with Gasteiger partial charge in [0.15, 0.2) is 0 Å². The molecule has 1 aromatic carbocycles. The number of carbonyl (C=O) groups excluding carboxylic acids is 1. The van der Waals surface area contributed by atoms with Crippen LogP contribution in [0.2, 0.25) is 0 Å². The zero-order chi connectivity index (χ0) is 13.8. The van der Waals surface area contributed by atoms with Crippen molar-refractivity contribution in [2.45, 2.75) is 39.3 Å². The van der Waals surface area contributed by atoms with Gasteiger partial charge in [-0.1, -0.05) is 36.8 Å². The molecule has 1 aromatic rings. The third kappa shape index (κ3) is 4.50. The van der Waals surface area contributed by atoms with Crippen molar-refractivity contribution in [2.24, 2.45) is 5.92 Å². The molecule has 1 N–H and O–H groups in total. The molecule has 2 rings (SSSR count). The Balaban J connectivity index is 0.00000200.